The lowest BCUT2D eigenvalue weighted by Crippen LogP contribution is -1.96. The normalized spacial score (nSPS) is 9.15. The van der Waals surface area contributed by atoms with Gasteiger partial charge in [-0.1, -0.05) is 18.2 Å². The number of hydrogen-bond acceptors (Lipinski definition) is 5. The van der Waals surface area contributed by atoms with Crippen molar-refractivity contribution in [1.29, 1.82) is 10.5 Å². The molecule has 1 N–H and O–H groups in total. The fourth-order valence-electron chi connectivity index (χ4n) is 1.55. The molecule has 0 bridgehead atoms. The zero-order chi connectivity index (χ0) is 14.4. The van der Waals surface area contributed by atoms with E-state index in [9.17, 15) is 0 Å². The molecule has 0 atom stereocenters. The maximum Gasteiger partial charge on any atom is 0.237 e. The molecule has 5 nitrogen and oxygen atoms in total. The molecule has 0 radical (unpaired) electrons. The van der Waals surface area contributed by atoms with Crippen LogP contribution in [0, 0.1) is 29.6 Å². The Morgan fingerprint density at radius 1 is 1.10 bits per heavy atom. The molecule has 0 amide bonds. The van der Waals surface area contributed by atoms with Crippen molar-refractivity contribution in [3.63, 3.8) is 0 Å². The van der Waals surface area contributed by atoms with Gasteiger partial charge in [-0.25, -0.2) is 0 Å². The Hall–Kier alpha value is -3.18. The van der Waals surface area contributed by atoms with Gasteiger partial charge in [-0.3, -0.25) is 10.4 Å². The van der Waals surface area contributed by atoms with Gasteiger partial charge in [-0.15, -0.1) is 0 Å². The van der Waals surface area contributed by atoms with Gasteiger partial charge in [0.25, 0.3) is 0 Å². The van der Waals surface area contributed by atoms with Gasteiger partial charge in [0, 0.05) is 11.8 Å². The third kappa shape index (κ3) is 3.18. The summed E-state index contributed by atoms with van der Waals surface area (Å²) in [5, 5.41) is 20.8. The van der Waals surface area contributed by atoms with Crippen molar-refractivity contribution in [1.82, 2.24) is 4.98 Å². The van der Waals surface area contributed by atoms with Gasteiger partial charge in [-0.2, -0.15) is 15.6 Å². The minimum Gasteiger partial charge on any atom is -0.277 e. The fraction of sp³-hybridized carbons (Fsp3) is 0.0667. The van der Waals surface area contributed by atoms with E-state index in [1.54, 1.807) is 12.1 Å². The summed E-state index contributed by atoms with van der Waals surface area (Å²) in [5.41, 5.74) is 6.13. The smallest absolute Gasteiger partial charge is 0.237 e. The first-order chi connectivity index (χ1) is 9.72. The molecular weight excluding hydrogens is 250 g/mol. The van der Waals surface area contributed by atoms with Crippen molar-refractivity contribution >= 4 is 11.4 Å². The maximum absolute atomic E-state index is 8.57. The van der Waals surface area contributed by atoms with E-state index in [2.05, 4.69) is 15.5 Å². The van der Waals surface area contributed by atoms with Crippen molar-refractivity contribution in [3.8, 4) is 23.4 Å². The number of hydrogen-bond donors (Lipinski definition) is 1. The van der Waals surface area contributed by atoms with E-state index in [-0.39, 0.29) is 5.71 Å². The van der Waals surface area contributed by atoms with Crippen LogP contribution in [-0.4, -0.2) is 10.7 Å². The van der Waals surface area contributed by atoms with Crippen LogP contribution in [-0.2, 0) is 0 Å². The second-order valence-corrected chi connectivity index (χ2v) is 4.09. The molecule has 1 heterocycles. The summed E-state index contributed by atoms with van der Waals surface area (Å²) in [6.07, 6.45) is 1.82. The van der Waals surface area contributed by atoms with E-state index in [0.29, 0.717) is 5.69 Å². The quantitative estimate of drug-likeness (QED) is 0.680. The van der Waals surface area contributed by atoms with Crippen LogP contribution in [0.2, 0.25) is 0 Å². The number of nitrogens with zero attached hydrogens (tertiary/aromatic N) is 4. The Kier molecular flexibility index (Phi) is 4.06. The number of hydrazone groups is 1. The summed E-state index contributed by atoms with van der Waals surface area (Å²) in [5.74, 6) is 0. The lowest BCUT2D eigenvalue weighted by molar-refractivity contribution is 1.27. The van der Waals surface area contributed by atoms with E-state index < -0.39 is 0 Å². The van der Waals surface area contributed by atoms with E-state index in [1.165, 1.54) is 0 Å². The largest absolute Gasteiger partial charge is 0.277 e. The summed E-state index contributed by atoms with van der Waals surface area (Å²) >= 11 is 0. The zero-order valence-electron chi connectivity index (χ0n) is 10.8. The molecule has 20 heavy (non-hydrogen) atoms. The molecule has 0 saturated heterocycles. The first kappa shape index (κ1) is 13.3. The number of rotatable bonds is 3. The molecule has 0 fully saturated rings. The Bertz CT molecular complexity index is 684. The molecule has 1 aromatic heterocycles. The summed E-state index contributed by atoms with van der Waals surface area (Å²) in [4.78, 5) is 4.34. The second kappa shape index (κ2) is 6.12. The minimum atomic E-state index is -0.214. The SMILES string of the molecule is Cc1ccc(-c2ccc(NN=C(C#N)C#N)cc2)nc1. The number of anilines is 1. The third-order valence-electron chi connectivity index (χ3n) is 2.60. The Morgan fingerprint density at radius 2 is 1.80 bits per heavy atom. The third-order valence-corrected chi connectivity index (χ3v) is 2.60. The molecular formula is C15H11N5. The summed E-state index contributed by atoms with van der Waals surface area (Å²) in [7, 11) is 0. The van der Waals surface area contributed by atoms with Crippen molar-refractivity contribution in [2.75, 3.05) is 5.43 Å². The maximum atomic E-state index is 8.57. The molecule has 2 aromatic rings. The van der Waals surface area contributed by atoms with E-state index in [1.807, 2.05) is 49.5 Å². The number of pyridine rings is 1. The van der Waals surface area contributed by atoms with Gasteiger partial charge in [0.1, 0.15) is 12.1 Å². The topological polar surface area (TPSA) is 84.9 Å². The average Bonchev–Trinajstić information content (AvgIpc) is 2.50. The predicted octanol–water partition coefficient (Wildman–Crippen LogP) is 2.87. The highest BCUT2D eigenvalue weighted by atomic mass is 15.3. The second-order valence-electron chi connectivity index (χ2n) is 4.09. The van der Waals surface area contributed by atoms with E-state index >= 15 is 0 Å². The molecule has 0 aliphatic carbocycles. The molecule has 5 heteroatoms. The summed E-state index contributed by atoms with van der Waals surface area (Å²) in [6, 6.07) is 14.7. The number of aryl methyl sites for hydroxylation is 1. The van der Waals surface area contributed by atoms with Gasteiger partial charge in [-0.05, 0) is 30.7 Å². The van der Waals surface area contributed by atoms with Gasteiger partial charge < -0.3 is 0 Å². The lowest BCUT2D eigenvalue weighted by Gasteiger charge is -2.03. The first-order valence-corrected chi connectivity index (χ1v) is 5.90. The Morgan fingerprint density at radius 3 is 2.35 bits per heavy atom. The molecule has 0 aliphatic rings. The summed E-state index contributed by atoms with van der Waals surface area (Å²) < 4.78 is 0. The molecule has 2 rings (SSSR count). The van der Waals surface area contributed by atoms with Crippen molar-refractivity contribution in [2.24, 2.45) is 5.10 Å². The van der Waals surface area contributed by atoms with Crippen LogP contribution in [0.4, 0.5) is 5.69 Å². The van der Waals surface area contributed by atoms with Crippen LogP contribution in [0.5, 0.6) is 0 Å². The van der Waals surface area contributed by atoms with E-state index in [4.69, 9.17) is 10.5 Å². The van der Waals surface area contributed by atoms with Crippen LogP contribution in [0.3, 0.4) is 0 Å². The van der Waals surface area contributed by atoms with Crippen molar-refractivity contribution in [2.45, 2.75) is 6.92 Å². The number of nitriles is 2. The van der Waals surface area contributed by atoms with E-state index in [0.717, 1.165) is 16.8 Å². The molecule has 0 unspecified atom stereocenters. The highest BCUT2D eigenvalue weighted by Gasteiger charge is 1.99. The molecule has 0 spiro atoms. The molecule has 96 valence electrons. The number of aromatic nitrogens is 1. The van der Waals surface area contributed by atoms with Crippen LogP contribution in [0.1, 0.15) is 5.56 Å². The fourth-order valence-corrected chi connectivity index (χ4v) is 1.55. The number of nitrogens with one attached hydrogen (secondary N) is 1. The Labute approximate surface area is 116 Å². The highest BCUT2D eigenvalue weighted by molar-refractivity contribution is 6.10. The van der Waals surface area contributed by atoms with Crippen molar-refractivity contribution < 1.29 is 0 Å². The average molecular weight is 261 g/mol. The van der Waals surface area contributed by atoms with Crippen LogP contribution >= 0.6 is 0 Å². The molecule has 0 saturated carbocycles. The standard InChI is InChI=1S/C15H11N5/c1-11-2-7-15(18-10-11)12-3-5-13(6-4-12)19-20-14(8-16)9-17/h2-7,10,19H,1H3. The zero-order valence-corrected chi connectivity index (χ0v) is 10.8. The van der Waals surface area contributed by atoms with Crippen LogP contribution < -0.4 is 5.43 Å². The number of benzene rings is 1. The molecule has 0 aliphatic heterocycles. The van der Waals surface area contributed by atoms with Gasteiger partial charge in [0.15, 0.2) is 0 Å². The monoisotopic (exact) mass is 261 g/mol. The molecule has 1 aromatic carbocycles. The lowest BCUT2D eigenvalue weighted by atomic mass is 10.1. The predicted molar refractivity (Wildman–Crippen MR) is 76.7 cm³/mol. The highest BCUT2D eigenvalue weighted by Crippen LogP contribution is 2.19. The van der Waals surface area contributed by atoms with Gasteiger partial charge in [0.05, 0.1) is 11.4 Å². The van der Waals surface area contributed by atoms with Gasteiger partial charge >= 0.3 is 0 Å². The minimum absolute atomic E-state index is 0.214. The van der Waals surface area contributed by atoms with Crippen LogP contribution in [0.25, 0.3) is 11.3 Å². The Balaban J connectivity index is 2.15. The van der Waals surface area contributed by atoms with Crippen molar-refractivity contribution in [3.05, 3.63) is 48.2 Å². The van der Waals surface area contributed by atoms with Gasteiger partial charge in [0.2, 0.25) is 5.71 Å². The summed E-state index contributed by atoms with van der Waals surface area (Å²) in [6.45, 7) is 1.99. The first-order valence-electron chi connectivity index (χ1n) is 5.90. The van der Waals surface area contributed by atoms with Crippen LogP contribution in [0.15, 0.2) is 47.7 Å².